The van der Waals surface area contributed by atoms with Crippen molar-refractivity contribution < 1.29 is 14.2 Å². The van der Waals surface area contributed by atoms with E-state index in [0.29, 0.717) is 13.2 Å². The summed E-state index contributed by atoms with van der Waals surface area (Å²) >= 11 is 0. The molecule has 3 aromatic rings. The smallest absolute Gasteiger partial charge is 0.171 e. The van der Waals surface area contributed by atoms with E-state index in [-0.39, 0.29) is 0 Å². The molecule has 1 aromatic carbocycles. The van der Waals surface area contributed by atoms with Crippen LogP contribution in [0.2, 0.25) is 0 Å². The first-order chi connectivity index (χ1) is 13.3. The number of nitrogens with zero attached hydrogens (tertiary/aromatic N) is 5. The molecule has 2 fully saturated rings. The van der Waals surface area contributed by atoms with Gasteiger partial charge in [-0.25, -0.2) is 15.0 Å². The molecule has 140 valence electrons. The van der Waals surface area contributed by atoms with Crippen molar-refractivity contribution in [3.8, 4) is 11.4 Å². The van der Waals surface area contributed by atoms with Gasteiger partial charge in [0.2, 0.25) is 0 Å². The predicted molar refractivity (Wildman–Crippen MR) is 99.3 cm³/mol. The number of rotatable bonds is 3. The highest BCUT2D eigenvalue weighted by molar-refractivity contribution is 5.84. The second kappa shape index (κ2) is 6.47. The van der Waals surface area contributed by atoms with Crippen molar-refractivity contribution in [2.24, 2.45) is 0 Å². The van der Waals surface area contributed by atoms with Crippen LogP contribution in [-0.2, 0) is 9.47 Å². The van der Waals surface area contributed by atoms with Gasteiger partial charge in [0.25, 0.3) is 0 Å². The van der Waals surface area contributed by atoms with Crippen LogP contribution in [0.15, 0.2) is 36.9 Å². The van der Waals surface area contributed by atoms with Crippen LogP contribution in [0.4, 0.5) is 5.82 Å². The first-order valence-electron chi connectivity index (χ1n) is 9.13. The van der Waals surface area contributed by atoms with Crippen LogP contribution >= 0.6 is 0 Å². The molecule has 0 bridgehead atoms. The summed E-state index contributed by atoms with van der Waals surface area (Å²) in [6.07, 6.45) is 5.06. The molecule has 2 aromatic heterocycles. The molecule has 5 rings (SSSR count). The molecule has 0 radical (unpaired) electrons. The third kappa shape index (κ3) is 2.81. The van der Waals surface area contributed by atoms with E-state index in [1.807, 2.05) is 28.8 Å². The molecular weight excluding hydrogens is 346 g/mol. The summed E-state index contributed by atoms with van der Waals surface area (Å²) in [4.78, 5) is 15.8. The Morgan fingerprint density at radius 1 is 1.00 bits per heavy atom. The Labute approximate surface area is 156 Å². The van der Waals surface area contributed by atoms with Crippen LogP contribution in [-0.4, -0.2) is 58.7 Å². The Morgan fingerprint density at radius 3 is 2.44 bits per heavy atom. The quantitative estimate of drug-likeness (QED) is 0.702. The predicted octanol–water partition coefficient (Wildman–Crippen LogP) is 2.17. The monoisotopic (exact) mass is 367 g/mol. The second-order valence-corrected chi connectivity index (χ2v) is 6.78. The fourth-order valence-corrected chi connectivity index (χ4v) is 3.83. The Balaban J connectivity index is 1.45. The number of imidazole rings is 1. The maximum absolute atomic E-state index is 5.82. The van der Waals surface area contributed by atoms with Crippen molar-refractivity contribution in [1.82, 2.24) is 19.5 Å². The van der Waals surface area contributed by atoms with Gasteiger partial charge in [-0.15, -0.1) is 0 Å². The number of fused-ring (bicyclic) bond motifs is 1. The number of hydrogen-bond acceptors (Lipinski definition) is 7. The van der Waals surface area contributed by atoms with Gasteiger partial charge in [0.1, 0.15) is 18.4 Å². The Morgan fingerprint density at radius 2 is 1.74 bits per heavy atom. The summed E-state index contributed by atoms with van der Waals surface area (Å²) in [5, 5.41) is 0. The molecule has 0 N–H and O–H groups in total. The maximum atomic E-state index is 5.82. The zero-order valence-corrected chi connectivity index (χ0v) is 15.2. The molecule has 2 aliphatic heterocycles. The standard InChI is InChI=1S/C19H21N5O3/c1-25-15-4-2-14(3-5-15)24-13-22-16-17(20-12-21-18(16)24)23-8-6-19(7-9-23)26-10-11-27-19/h2-5,12-13H,6-11H2,1H3. The number of benzene rings is 1. The van der Waals surface area contributed by atoms with Crippen LogP contribution in [0.5, 0.6) is 5.75 Å². The molecule has 0 aliphatic carbocycles. The van der Waals surface area contributed by atoms with E-state index in [2.05, 4.69) is 19.9 Å². The molecule has 8 heteroatoms. The summed E-state index contributed by atoms with van der Waals surface area (Å²) in [5.41, 5.74) is 2.57. The van der Waals surface area contributed by atoms with Gasteiger partial charge in [-0.05, 0) is 24.3 Å². The number of aromatic nitrogens is 4. The minimum absolute atomic E-state index is 0.398. The van der Waals surface area contributed by atoms with E-state index >= 15 is 0 Å². The van der Waals surface area contributed by atoms with Gasteiger partial charge in [-0.1, -0.05) is 0 Å². The Hall–Kier alpha value is -2.71. The summed E-state index contributed by atoms with van der Waals surface area (Å²) in [7, 11) is 1.66. The SMILES string of the molecule is COc1ccc(-n2cnc3c(N4CCC5(CC4)OCCO5)ncnc32)cc1. The lowest BCUT2D eigenvalue weighted by Gasteiger charge is -2.38. The number of ether oxygens (including phenoxy) is 3. The molecule has 2 saturated heterocycles. The summed E-state index contributed by atoms with van der Waals surface area (Å²) in [6.45, 7) is 3.01. The van der Waals surface area contributed by atoms with Crippen molar-refractivity contribution >= 4 is 17.0 Å². The lowest BCUT2D eigenvalue weighted by molar-refractivity contribution is -0.169. The lowest BCUT2D eigenvalue weighted by Crippen LogP contribution is -2.45. The van der Waals surface area contributed by atoms with Gasteiger partial charge in [0, 0.05) is 31.6 Å². The first-order valence-corrected chi connectivity index (χ1v) is 9.13. The van der Waals surface area contributed by atoms with Gasteiger partial charge in [0.05, 0.1) is 20.3 Å². The molecule has 2 aliphatic rings. The maximum Gasteiger partial charge on any atom is 0.171 e. The van der Waals surface area contributed by atoms with E-state index in [9.17, 15) is 0 Å². The van der Waals surface area contributed by atoms with Crippen molar-refractivity contribution in [2.45, 2.75) is 18.6 Å². The zero-order chi connectivity index (χ0) is 18.3. The van der Waals surface area contributed by atoms with E-state index in [0.717, 1.165) is 54.3 Å². The van der Waals surface area contributed by atoms with Crippen LogP contribution in [0.1, 0.15) is 12.8 Å². The largest absolute Gasteiger partial charge is 0.497 e. The van der Waals surface area contributed by atoms with E-state index in [4.69, 9.17) is 14.2 Å². The molecule has 0 unspecified atom stereocenters. The fourth-order valence-electron chi connectivity index (χ4n) is 3.83. The molecule has 1 spiro atoms. The average Bonchev–Trinajstić information content (AvgIpc) is 3.36. The number of methoxy groups -OCH3 is 1. The highest BCUT2D eigenvalue weighted by Crippen LogP contribution is 2.34. The second-order valence-electron chi connectivity index (χ2n) is 6.78. The van der Waals surface area contributed by atoms with Crippen molar-refractivity contribution in [1.29, 1.82) is 0 Å². The molecule has 27 heavy (non-hydrogen) atoms. The summed E-state index contributed by atoms with van der Waals surface area (Å²) in [5.74, 6) is 1.28. The molecular formula is C19H21N5O3. The normalized spacial score (nSPS) is 19.1. The summed E-state index contributed by atoms with van der Waals surface area (Å²) < 4.78 is 18.8. The molecule has 0 amide bonds. The Kier molecular flexibility index (Phi) is 3.95. The lowest BCUT2D eigenvalue weighted by atomic mass is 10.0. The number of anilines is 1. The van der Waals surface area contributed by atoms with Gasteiger partial charge in [-0.3, -0.25) is 4.57 Å². The summed E-state index contributed by atoms with van der Waals surface area (Å²) in [6, 6.07) is 7.83. The fraction of sp³-hybridized carbons (Fsp3) is 0.421. The topological polar surface area (TPSA) is 74.5 Å². The van der Waals surface area contributed by atoms with Gasteiger partial charge < -0.3 is 19.1 Å². The first kappa shape index (κ1) is 16.5. The molecule has 4 heterocycles. The Bertz CT molecular complexity index is 940. The van der Waals surface area contributed by atoms with Gasteiger partial charge in [0.15, 0.2) is 22.8 Å². The van der Waals surface area contributed by atoms with Crippen molar-refractivity contribution in [2.75, 3.05) is 38.3 Å². The minimum atomic E-state index is -0.398. The average molecular weight is 367 g/mol. The van der Waals surface area contributed by atoms with E-state index < -0.39 is 5.79 Å². The van der Waals surface area contributed by atoms with Crippen LogP contribution in [0.25, 0.3) is 16.9 Å². The van der Waals surface area contributed by atoms with Crippen LogP contribution < -0.4 is 9.64 Å². The van der Waals surface area contributed by atoms with E-state index in [1.165, 1.54) is 0 Å². The van der Waals surface area contributed by atoms with Crippen molar-refractivity contribution in [3.05, 3.63) is 36.9 Å². The van der Waals surface area contributed by atoms with Gasteiger partial charge >= 0.3 is 0 Å². The number of piperidine rings is 1. The van der Waals surface area contributed by atoms with Crippen molar-refractivity contribution in [3.63, 3.8) is 0 Å². The van der Waals surface area contributed by atoms with Gasteiger partial charge in [-0.2, -0.15) is 0 Å². The minimum Gasteiger partial charge on any atom is -0.497 e. The highest BCUT2D eigenvalue weighted by Gasteiger charge is 2.40. The third-order valence-electron chi connectivity index (χ3n) is 5.30. The highest BCUT2D eigenvalue weighted by atomic mass is 16.7. The molecule has 8 nitrogen and oxygen atoms in total. The number of hydrogen-bond donors (Lipinski definition) is 0. The van der Waals surface area contributed by atoms with E-state index in [1.54, 1.807) is 19.8 Å². The zero-order valence-electron chi connectivity index (χ0n) is 15.2. The molecule has 0 atom stereocenters. The van der Waals surface area contributed by atoms with Crippen LogP contribution in [0.3, 0.4) is 0 Å². The van der Waals surface area contributed by atoms with Crippen LogP contribution in [0, 0.1) is 0 Å². The third-order valence-corrected chi connectivity index (χ3v) is 5.30. The molecule has 0 saturated carbocycles.